The van der Waals surface area contributed by atoms with Crippen molar-refractivity contribution >= 4 is 27.6 Å². The Kier molecular flexibility index (Phi) is 8.45. The number of sulfone groups is 1. The van der Waals surface area contributed by atoms with Crippen molar-refractivity contribution in [3.05, 3.63) is 35.6 Å². The zero-order chi connectivity index (χ0) is 24.0. The molecule has 3 rings (SSSR count). The van der Waals surface area contributed by atoms with Crippen LogP contribution in [0.5, 0.6) is 0 Å². The third-order valence-electron chi connectivity index (χ3n) is 6.27. The maximum absolute atomic E-state index is 13.1. The number of unbranched alkanes of at least 4 members (excludes halogenated alkanes) is 1. The van der Waals surface area contributed by atoms with E-state index in [0.29, 0.717) is 44.5 Å². The maximum Gasteiger partial charge on any atom is 0.309 e. The lowest BCUT2D eigenvalue weighted by molar-refractivity contribution is -0.157. The van der Waals surface area contributed by atoms with E-state index in [-0.39, 0.29) is 29.4 Å². The molecule has 10 heteroatoms. The summed E-state index contributed by atoms with van der Waals surface area (Å²) in [6, 6.07) is 4.97. The first-order valence-electron chi connectivity index (χ1n) is 11.4. The summed E-state index contributed by atoms with van der Waals surface area (Å²) >= 11 is 0. The molecule has 0 saturated carbocycles. The molecule has 0 bridgehead atoms. The molecule has 0 radical (unpaired) electrons. The van der Waals surface area contributed by atoms with Crippen LogP contribution in [-0.2, 0) is 24.2 Å². The number of rotatable bonds is 8. The van der Waals surface area contributed by atoms with Gasteiger partial charge in [-0.3, -0.25) is 14.4 Å². The van der Waals surface area contributed by atoms with Crippen molar-refractivity contribution in [2.45, 2.75) is 45.1 Å². The molecule has 182 valence electrons. The Morgan fingerprint density at radius 3 is 2.36 bits per heavy atom. The van der Waals surface area contributed by atoms with Crippen molar-refractivity contribution < 1.29 is 31.9 Å². The fourth-order valence-corrected chi connectivity index (χ4v) is 6.02. The molecule has 8 nitrogen and oxygen atoms in total. The molecule has 1 aromatic rings. The highest BCUT2D eigenvalue weighted by molar-refractivity contribution is 7.91. The van der Waals surface area contributed by atoms with Gasteiger partial charge in [0.25, 0.3) is 11.8 Å². The lowest BCUT2D eigenvalue weighted by Crippen LogP contribution is -2.44. The molecule has 2 saturated heterocycles. The van der Waals surface area contributed by atoms with E-state index in [4.69, 9.17) is 4.74 Å². The van der Waals surface area contributed by atoms with Gasteiger partial charge >= 0.3 is 5.97 Å². The molecule has 2 amide bonds. The Morgan fingerprint density at radius 1 is 1.12 bits per heavy atom. The number of hydrogen-bond donors (Lipinski definition) is 0. The highest BCUT2D eigenvalue weighted by atomic mass is 32.2. The monoisotopic (exact) mass is 482 g/mol. The van der Waals surface area contributed by atoms with Crippen LogP contribution in [0.2, 0.25) is 0 Å². The van der Waals surface area contributed by atoms with E-state index in [1.165, 1.54) is 24.3 Å². The molecule has 2 fully saturated rings. The van der Waals surface area contributed by atoms with Gasteiger partial charge in [0.2, 0.25) is 0 Å². The second-order valence-corrected chi connectivity index (χ2v) is 10.9. The second kappa shape index (κ2) is 11.1. The number of likely N-dealkylation sites (tertiary alicyclic amines) is 1. The standard InChI is InChI=1S/C23H31FN2O6S/c1-2-3-11-26(20-10-14-33(30,31)16-20)21(27)15-32-23(29)18-8-12-25(13-9-18)22(28)17-4-6-19(24)7-5-17/h4-7,18,20H,2-3,8-16H2,1H3. The summed E-state index contributed by atoms with van der Waals surface area (Å²) in [7, 11) is -3.13. The highest BCUT2D eigenvalue weighted by Crippen LogP contribution is 2.22. The van der Waals surface area contributed by atoms with Crippen LogP contribution < -0.4 is 0 Å². The molecule has 0 spiro atoms. The van der Waals surface area contributed by atoms with E-state index in [9.17, 15) is 27.2 Å². The van der Waals surface area contributed by atoms with E-state index in [2.05, 4.69) is 0 Å². The van der Waals surface area contributed by atoms with Crippen LogP contribution in [-0.4, -0.2) is 79.8 Å². The number of carbonyl (C=O) groups excluding carboxylic acids is 3. The Morgan fingerprint density at radius 2 is 1.79 bits per heavy atom. The minimum Gasteiger partial charge on any atom is -0.455 e. The van der Waals surface area contributed by atoms with Crippen molar-refractivity contribution in [1.82, 2.24) is 9.80 Å². The minimum absolute atomic E-state index is 0.0447. The summed E-state index contributed by atoms with van der Waals surface area (Å²) in [5.41, 5.74) is 0.393. The highest BCUT2D eigenvalue weighted by Gasteiger charge is 2.35. The molecule has 0 N–H and O–H groups in total. The van der Waals surface area contributed by atoms with Crippen LogP contribution >= 0.6 is 0 Å². The smallest absolute Gasteiger partial charge is 0.309 e. The van der Waals surface area contributed by atoms with E-state index in [1.807, 2.05) is 6.92 Å². The van der Waals surface area contributed by atoms with Crippen molar-refractivity contribution in [1.29, 1.82) is 0 Å². The van der Waals surface area contributed by atoms with Gasteiger partial charge in [0.1, 0.15) is 5.82 Å². The molecule has 2 heterocycles. The molecule has 33 heavy (non-hydrogen) atoms. The summed E-state index contributed by atoms with van der Waals surface area (Å²) in [5, 5.41) is 0. The van der Waals surface area contributed by atoms with Gasteiger partial charge in [-0.2, -0.15) is 0 Å². The van der Waals surface area contributed by atoms with Gasteiger partial charge in [-0.15, -0.1) is 0 Å². The number of amides is 2. The second-order valence-electron chi connectivity index (χ2n) is 8.68. The Hall–Kier alpha value is -2.49. The van der Waals surface area contributed by atoms with Crippen molar-refractivity contribution in [2.75, 3.05) is 37.7 Å². The molecule has 0 aromatic heterocycles. The topological polar surface area (TPSA) is 101 Å². The number of esters is 1. The Balaban J connectivity index is 1.48. The van der Waals surface area contributed by atoms with Crippen LogP contribution in [0.25, 0.3) is 0 Å². The number of carbonyl (C=O) groups is 3. The molecule has 1 unspecified atom stereocenters. The van der Waals surface area contributed by atoms with Crippen LogP contribution in [0, 0.1) is 11.7 Å². The lowest BCUT2D eigenvalue weighted by Gasteiger charge is -2.31. The van der Waals surface area contributed by atoms with E-state index in [0.717, 1.165) is 12.8 Å². The van der Waals surface area contributed by atoms with Crippen molar-refractivity contribution in [3.8, 4) is 0 Å². The number of hydrogen-bond acceptors (Lipinski definition) is 6. The van der Waals surface area contributed by atoms with E-state index < -0.39 is 34.1 Å². The van der Waals surface area contributed by atoms with Gasteiger partial charge in [-0.25, -0.2) is 12.8 Å². The minimum atomic E-state index is -3.13. The zero-order valence-corrected chi connectivity index (χ0v) is 19.7. The molecule has 1 atom stereocenters. The van der Waals surface area contributed by atoms with E-state index in [1.54, 1.807) is 9.80 Å². The molecule has 2 aliphatic heterocycles. The van der Waals surface area contributed by atoms with Crippen LogP contribution in [0.1, 0.15) is 49.4 Å². The van der Waals surface area contributed by atoms with Gasteiger partial charge in [-0.05, 0) is 49.9 Å². The van der Waals surface area contributed by atoms with Gasteiger partial charge in [0.15, 0.2) is 16.4 Å². The fraction of sp³-hybridized carbons (Fsp3) is 0.609. The SMILES string of the molecule is CCCCN(C(=O)COC(=O)C1CCN(C(=O)c2ccc(F)cc2)CC1)C1CCS(=O)(=O)C1. The molecule has 2 aliphatic rings. The third kappa shape index (κ3) is 6.75. The predicted molar refractivity (Wildman–Crippen MR) is 120 cm³/mol. The summed E-state index contributed by atoms with van der Waals surface area (Å²) < 4.78 is 42.0. The normalized spacial score (nSPS) is 20.4. The molecule has 0 aliphatic carbocycles. The number of benzene rings is 1. The largest absolute Gasteiger partial charge is 0.455 e. The average molecular weight is 483 g/mol. The van der Waals surface area contributed by atoms with Crippen LogP contribution in [0.4, 0.5) is 4.39 Å². The number of ether oxygens (including phenoxy) is 1. The third-order valence-corrected chi connectivity index (χ3v) is 8.02. The lowest BCUT2D eigenvalue weighted by atomic mass is 9.96. The zero-order valence-electron chi connectivity index (χ0n) is 18.9. The van der Waals surface area contributed by atoms with Crippen LogP contribution in [0.15, 0.2) is 24.3 Å². The summed E-state index contributed by atoms with van der Waals surface area (Å²) in [6.45, 7) is 2.75. The van der Waals surface area contributed by atoms with Crippen molar-refractivity contribution in [2.24, 2.45) is 5.92 Å². The molecular formula is C23H31FN2O6S. The number of nitrogens with zero attached hydrogens (tertiary/aromatic N) is 2. The summed E-state index contributed by atoms with van der Waals surface area (Å²) in [6.07, 6.45) is 2.85. The van der Waals surface area contributed by atoms with E-state index >= 15 is 0 Å². The fourth-order valence-electron chi connectivity index (χ4n) is 4.29. The van der Waals surface area contributed by atoms with Gasteiger partial charge < -0.3 is 14.5 Å². The predicted octanol–water partition coefficient (Wildman–Crippen LogP) is 2.04. The number of piperidine rings is 1. The van der Waals surface area contributed by atoms with Crippen molar-refractivity contribution in [3.63, 3.8) is 0 Å². The maximum atomic E-state index is 13.1. The first-order valence-corrected chi connectivity index (χ1v) is 13.2. The van der Waals surface area contributed by atoms with Gasteiger partial charge in [-0.1, -0.05) is 13.3 Å². The molecule has 1 aromatic carbocycles. The summed E-state index contributed by atoms with van der Waals surface area (Å²) in [5.74, 6) is -1.86. The van der Waals surface area contributed by atoms with Gasteiger partial charge in [0, 0.05) is 31.2 Å². The Bertz CT molecular complexity index is 958. The first-order chi connectivity index (χ1) is 15.7. The first kappa shape index (κ1) is 25.1. The van der Waals surface area contributed by atoms with Gasteiger partial charge in [0.05, 0.1) is 17.4 Å². The summed E-state index contributed by atoms with van der Waals surface area (Å²) in [4.78, 5) is 40.9. The molecular weight excluding hydrogens is 451 g/mol. The Labute approximate surface area is 194 Å². The average Bonchev–Trinajstić information content (AvgIpc) is 3.17. The quantitative estimate of drug-likeness (QED) is 0.526. The van der Waals surface area contributed by atoms with Crippen LogP contribution in [0.3, 0.4) is 0 Å². The number of halogens is 1.